The highest BCUT2D eigenvalue weighted by Crippen LogP contribution is 2.29. The molecule has 4 nitrogen and oxygen atoms in total. The monoisotopic (exact) mass is 351 g/mol. The lowest BCUT2D eigenvalue weighted by atomic mass is 9.85. The number of methoxy groups -OCH3 is 1. The van der Waals surface area contributed by atoms with Gasteiger partial charge in [0.05, 0.1) is 12.5 Å². The third-order valence-electron chi connectivity index (χ3n) is 3.93. The van der Waals surface area contributed by atoms with Crippen molar-refractivity contribution in [3.8, 4) is 0 Å². The van der Waals surface area contributed by atoms with Gasteiger partial charge in [-0.25, -0.2) is 9.87 Å². The summed E-state index contributed by atoms with van der Waals surface area (Å²) >= 11 is 5.91. The lowest BCUT2D eigenvalue weighted by Gasteiger charge is -2.26. The van der Waals surface area contributed by atoms with E-state index in [-0.39, 0.29) is 18.2 Å². The molecule has 128 valence electrons. The molecule has 0 saturated heterocycles. The normalized spacial score (nSPS) is 13.3. The highest BCUT2D eigenvalue weighted by molar-refractivity contribution is 6.30. The number of amides is 1. The maximum absolute atomic E-state index is 13.2. The van der Waals surface area contributed by atoms with Crippen LogP contribution < -0.4 is 5.48 Å². The van der Waals surface area contributed by atoms with Crippen molar-refractivity contribution in [1.29, 1.82) is 0 Å². The Bertz CT molecular complexity index is 661. The second-order valence-electron chi connectivity index (χ2n) is 5.50. The molecule has 0 aromatic heterocycles. The molecule has 2 aromatic rings. The van der Waals surface area contributed by atoms with Crippen LogP contribution in [-0.2, 0) is 16.0 Å². The maximum Gasteiger partial charge on any atom is 0.245 e. The maximum atomic E-state index is 13.2. The Balaban J connectivity index is 2.30. The molecule has 0 aliphatic rings. The topological polar surface area (TPSA) is 58.6 Å². The van der Waals surface area contributed by atoms with Crippen LogP contribution in [0.1, 0.15) is 23.5 Å². The van der Waals surface area contributed by atoms with E-state index in [1.165, 1.54) is 19.2 Å². The first kappa shape index (κ1) is 18.4. The van der Waals surface area contributed by atoms with Crippen LogP contribution in [0.15, 0.2) is 48.5 Å². The van der Waals surface area contributed by atoms with Crippen LogP contribution in [0.2, 0.25) is 5.02 Å². The minimum atomic E-state index is -0.537. The molecule has 0 aliphatic carbocycles. The highest BCUT2D eigenvalue weighted by Gasteiger charge is 2.26. The van der Waals surface area contributed by atoms with Gasteiger partial charge in [0.2, 0.25) is 5.91 Å². The zero-order valence-corrected chi connectivity index (χ0v) is 14.0. The van der Waals surface area contributed by atoms with E-state index in [1.54, 1.807) is 29.7 Å². The second kappa shape index (κ2) is 8.78. The van der Waals surface area contributed by atoms with Crippen molar-refractivity contribution in [1.82, 2.24) is 5.48 Å². The molecule has 0 fully saturated rings. The molecule has 1 unspecified atom stereocenters. The molecule has 6 heteroatoms. The van der Waals surface area contributed by atoms with Gasteiger partial charge in [-0.1, -0.05) is 35.9 Å². The van der Waals surface area contributed by atoms with Gasteiger partial charge in [-0.2, -0.15) is 0 Å². The molecule has 2 rings (SSSR count). The average molecular weight is 352 g/mol. The van der Waals surface area contributed by atoms with Crippen molar-refractivity contribution in [2.75, 3.05) is 7.11 Å². The summed E-state index contributed by atoms with van der Waals surface area (Å²) in [5, 5.41) is 9.41. The minimum Gasteiger partial charge on any atom is -0.380 e. The standard InChI is InChI=1S/C18H19ClFNO3/c1-24-17(11-18(22)21-23)16(13-4-8-15(20)9-5-13)10-12-2-6-14(19)7-3-12/h2-9,16-17,23H,10-11H2,1H3,(H,21,22)/t16-,17?/m1/s1. The fourth-order valence-corrected chi connectivity index (χ4v) is 2.79. The lowest BCUT2D eigenvalue weighted by molar-refractivity contribution is -0.132. The number of benzene rings is 2. The molecule has 24 heavy (non-hydrogen) atoms. The SMILES string of the molecule is COC(CC(=O)NO)[C@H](Cc1ccc(Cl)cc1)c1ccc(F)cc1. The van der Waals surface area contributed by atoms with Gasteiger partial charge in [0.25, 0.3) is 0 Å². The van der Waals surface area contributed by atoms with E-state index < -0.39 is 12.0 Å². The van der Waals surface area contributed by atoms with Crippen LogP contribution in [0.4, 0.5) is 4.39 Å². The van der Waals surface area contributed by atoms with Gasteiger partial charge in [0.15, 0.2) is 0 Å². The van der Waals surface area contributed by atoms with Crippen molar-refractivity contribution in [2.24, 2.45) is 0 Å². The van der Waals surface area contributed by atoms with E-state index in [4.69, 9.17) is 21.5 Å². The summed E-state index contributed by atoms with van der Waals surface area (Å²) in [4.78, 5) is 11.5. The van der Waals surface area contributed by atoms with Crippen LogP contribution in [0.5, 0.6) is 0 Å². The first-order valence-electron chi connectivity index (χ1n) is 7.49. The number of carbonyl (C=O) groups is 1. The van der Waals surface area contributed by atoms with E-state index in [1.807, 2.05) is 12.1 Å². The molecule has 0 heterocycles. The van der Waals surface area contributed by atoms with Gasteiger partial charge in [0, 0.05) is 18.1 Å². The average Bonchev–Trinajstić information content (AvgIpc) is 2.60. The van der Waals surface area contributed by atoms with Crippen LogP contribution in [0, 0.1) is 5.82 Å². The van der Waals surface area contributed by atoms with E-state index in [2.05, 4.69) is 0 Å². The number of hydrogen-bond acceptors (Lipinski definition) is 3. The molecule has 2 N–H and O–H groups in total. The van der Waals surface area contributed by atoms with E-state index >= 15 is 0 Å². The van der Waals surface area contributed by atoms with Gasteiger partial charge < -0.3 is 4.74 Å². The van der Waals surface area contributed by atoms with Crippen molar-refractivity contribution < 1.29 is 19.1 Å². The van der Waals surface area contributed by atoms with Crippen LogP contribution in [0.3, 0.4) is 0 Å². The summed E-state index contributed by atoms with van der Waals surface area (Å²) in [7, 11) is 1.51. The summed E-state index contributed by atoms with van der Waals surface area (Å²) < 4.78 is 18.7. The number of rotatable bonds is 7. The number of ether oxygens (including phenoxy) is 1. The van der Waals surface area contributed by atoms with E-state index in [0.29, 0.717) is 11.4 Å². The number of halogens is 2. The molecule has 0 saturated carbocycles. The predicted molar refractivity (Wildman–Crippen MR) is 89.6 cm³/mol. The summed E-state index contributed by atoms with van der Waals surface area (Å²) in [5.41, 5.74) is 3.49. The van der Waals surface area contributed by atoms with Gasteiger partial charge >= 0.3 is 0 Å². The molecule has 1 amide bonds. The quantitative estimate of drug-likeness (QED) is 0.590. The molecule has 0 aliphatic heterocycles. The Labute approximate surface area is 145 Å². The zero-order chi connectivity index (χ0) is 17.5. The fraction of sp³-hybridized carbons (Fsp3) is 0.278. The van der Waals surface area contributed by atoms with Crippen molar-refractivity contribution in [3.05, 3.63) is 70.5 Å². The summed E-state index contributed by atoms with van der Waals surface area (Å²) in [5.74, 6) is -1.05. The van der Waals surface area contributed by atoms with Gasteiger partial charge in [0.1, 0.15) is 5.82 Å². The molecule has 2 aromatic carbocycles. The summed E-state index contributed by atoms with van der Waals surface area (Å²) in [6.07, 6.45) is 0.0983. The number of hydroxylamine groups is 1. The molecule has 0 bridgehead atoms. The smallest absolute Gasteiger partial charge is 0.245 e. The predicted octanol–water partition coefficient (Wildman–Crippen LogP) is 3.72. The molecule has 0 spiro atoms. The molecular weight excluding hydrogens is 333 g/mol. The lowest BCUT2D eigenvalue weighted by Crippen LogP contribution is -2.31. The zero-order valence-electron chi connectivity index (χ0n) is 13.2. The molecule has 0 radical (unpaired) electrons. The summed E-state index contributed by atoms with van der Waals surface area (Å²) in [6, 6.07) is 13.5. The largest absolute Gasteiger partial charge is 0.380 e. The third kappa shape index (κ3) is 5.03. The van der Waals surface area contributed by atoms with Gasteiger partial charge in [-0.3, -0.25) is 10.0 Å². The van der Waals surface area contributed by atoms with Gasteiger partial charge in [-0.15, -0.1) is 0 Å². The van der Waals surface area contributed by atoms with E-state index in [9.17, 15) is 9.18 Å². The Kier molecular flexibility index (Phi) is 6.73. The molecule has 2 atom stereocenters. The van der Waals surface area contributed by atoms with E-state index in [0.717, 1.165) is 11.1 Å². The van der Waals surface area contributed by atoms with Crippen molar-refractivity contribution in [3.63, 3.8) is 0 Å². The van der Waals surface area contributed by atoms with Crippen molar-refractivity contribution in [2.45, 2.75) is 24.9 Å². The fourth-order valence-electron chi connectivity index (χ4n) is 2.67. The Hall–Kier alpha value is -1.95. The Morgan fingerprint density at radius 2 is 1.83 bits per heavy atom. The first-order valence-corrected chi connectivity index (χ1v) is 7.87. The second-order valence-corrected chi connectivity index (χ2v) is 5.94. The van der Waals surface area contributed by atoms with Crippen molar-refractivity contribution >= 4 is 17.5 Å². The highest BCUT2D eigenvalue weighted by atomic mass is 35.5. The Morgan fingerprint density at radius 1 is 1.21 bits per heavy atom. The Morgan fingerprint density at radius 3 is 2.38 bits per heavy atom. The third-order valence-corrected chi connectivity index (χ3v) is 4.18. The number of hydrogen-bond donors (Lipinski definition) is 2. The summed E-state index contributed by atoms with van der Waals surface area (Å²) in [6.45, 7) is 0. The van der Waals surface area contributed by atoms with Gasteiger partial charge in [-0.05, 0) is 41.8 Å². The number of carbonyl (C=O) groups excluding carboxylic acids is 1. The van der Waals surface area contributed by atoms with Crippen LogP contribution in [-0.4, -0.2) is 24.3 Å². The first-order chi connectivity index (χ1) is 11.5. The van der Waals surface area contributed by atoms with Crippen LogP contribution in [0.25, 0.3) is 0 Å². The van der Waals surface area contributed by atoms with Crippen LogP contribution >= 0.6 is 11.6 Å². The minimum absolute atomic E-state index is 0.0113. The molecular formula is C18H19ClFNO3. The number of nitrogens with one attached hydrogen (secondary N) is 1.